The third kappa shape index (κ3) is 4.28. The predicted molar refractivity (Wildman–Crippen MR) is 106 cm³/mol. The first kappa shape index (κ1) is 23.2. The number of halogens is 3. The maximum absolute atomic E-state index is 13.6. The first-order valence-electron chi connectivity index (χ1n) is 9.00. The first-order chi connectivity index (χ1) is 14.7. The van der Waals surface area contributed by atoms with Crippen molar-refractivity contribution < 1.29 is 26.4 Å². The number of hydrogen-bond acceptors (Lipinski definition) is 7. The highest BCUT2D eigenvalue weighted by Gasteiger charge is 2.36. The summed E-state index contributed by atoms with van der Waals surface area (Å²) in [7, 11) is -4.44. The molecule has 1 N–H and O–H groups in total. The van der Waals surface area contributed by atoms with Gasteiger partial charge in [-0.05, 0) is 18.1 Å². The Labute approximate surface area is 178 Å². The molecule has 0 bridgehead atoms. The lowest BCUT2D eigenvalue weighted by Crippen LogP contribution is -2.56. The van der Waals surface area contributed by atoms with Crippen molar-refractivity contribution in [3.05, 3.63) is 51.2 Å². The molecule has 0 aliphatic rings. The zero-order chi connectivity index (χ0) is 24.0. The van der Waals surface area contributed by atoms with Crippen molar-refractivity contribution >= 4 is 26.8 Å². The first-order valence-corrected chi connectivity index (χ1v) is 10.9. The van der Waals surface area contributed by atoms with Gasteiger partial charge < -0.3 is 4.98 Å². The number of sulfonamides is 1. The lowest BCUT2D eigenvalue weighted by molar-refractivity contribution is -0.137. The normalized spacial score (nSPS) is 12.5. The third-order valence-corrected chi connectivity index (χ3v) is 5.28. The summed E-state index contributed by atoms with van der Waals surface area (Å²) in [6.45, 7) is 3.24. The predicted octanol–water partition coefficient (Wildman–Crippen LogP) is 0.760. The van der Waals surface area contributed by atoms with Crippen LogP contribution in [0.5, 0.6) is 0 Å². The van der Waals surface area contributed by atoms with E-state index in [9.17, 15) is 36.0 Å². The second kappa shape index (κ2) is 7.89. The van der Waals surface area contributed by atoms with Gasteiger partial charge in [0.2, 0.25) is 0 Å². The molecule has 0 atom stereocenters. The van der Waals surface area contributed by atoms with Crippen LogP contribution in [0.1, 0.15) is 25.8 Å². The van der Waals surface area contributed by atoms with Gasteiger partial charge in [-0.3, -0.25) is 14.2 Å². The molecule has 11 nitrogen and oxygen atoms in total. The molecule has 1 amide bonds. The van der Waals surface area contributed by atoms with E-state index in [4.69, 9.17) is 0 Å². The summed E-state index contributed by atoms with van der Waals surface area (Å²) >= 11 is 0. The molecule has 0 saturated carbocycles. The standard InChI is InChI=1S/C17H17F3N6O5S/c1-9(2)4-14(27)26(32(3,30)31)25-15(28)10-5-13(24-7-21-22-8-24)11(17(18,19)20)6-12(10)23-16(25)29/h5-9H,4H2,1-3H3,(H,23,29). The summed E-state index contributed by atoms with van der Waals surface area (Å²) in [5, 5.41) is 6.41. The number of carbonyl (C=O) groups is 1. The summed E-state index contributed by atoms with van der Waals surface area (Å²) in [4.78, 5) is 40.2. The number of amides is 1. The van der Waals surface area contributed by atoms with E-state index in [1.807, 2.05) is 0 Å². The van der Waals surface area contributed by atoms with Crippen LogP contribution in [0.2, 0.25) is 0 Å². The van der Waals surface area contributed by atoms with Crippen LogP contribution in [0, 0.1) is 5.92 Å². The van der Waals surface area contributed by atoms with Gasteiger partial charge in [0.25, 0.3) is 21.5 Å². The lowest BCUT2D eigenvalue weighted by Gasteiger charge is -2.22. The highest BCUT2D eigenvalue weighted by Crippen LogP contribution is 2.35. The summed E-state index contributed by atoms with van der Waals surface area (Å²) in [6.07, 6.45) is -2.62. The van der Waals surface area contributed by atoms with Crippen molar-refractivity contribution in [2.24, 2.45) is 5.92 Å². The Hall–Kier alpha value is -3.49. The van der Waals surface area contributed by atoms with Crippen molar-refractivity contribution in [1.82, 2.24) is 24.4 Å². The molecule has 2 aromatic heterocycles. The molecule has 1 aromatic carbocycles. The number of benzene rings is 1. The number of nitrogens with one attached hydrogen (secondary N) is 1. The Morgan fingerprint density at radius 3 is 2.28 bits per heavy atom. The molecule has 0 unspecified atom stereocenters. The number of carbonyl (C=O) groups excluding carboxylic acids is 1. The Kier molecular flexibility index (Phi) is 5.71. The van der Waals surface area contributed by atoms with Gasteiger partial charge in [-0.25, -0.2) is 13.2 Å². The summed E-state index contributed by atoms with van der Waals surface area (Å²) in [5.74, 6) is -1.36. The van der Waals surface area contributed by atoms with E-state index in [2.05, 4.69) is 15.2 Å². The molecule has 0 aliphatic heterocycles. The van der Waals surface area contributed by atoms with Crippen molar-refractivity contribution in [1.29, 1.82) is 0 Å². The lowest BCUT2D eigenvalue weighted by atomic mass is 10.1. The van der Waals surface area contributed by atoms with Gasteiger partial charge in [0.15, 0.2) is 0 Å². The van der Waals surface area contributed by atoms with Gasteiger partial charge in [-0.2, -0.15) is 13.2 Å². The van der Waals surface area contributed by atoms with E-state index in [1.54, 1.807) is 13.8 Å². The maximum Gasteiger partial charge on any atom is 0.418 e. The van der Waals surface area contributed by atoms with E-state index in [1.165, 1.54) is 0 Å². The number of nitrogens with zero attached hydrogens (tertiary/aromatic N) is 5. The van der Waals surface area contributed by atoms with Gasteiger partial charge in [0.05, 0.1) is 28.4 Å². The summed E-state index contributed by atoms with van der Waals surface area (Å²) < 4.78 is 66.3. The maximum atomic E-state index is 13.6. The van der Waals surface area contributed by atoms with Crippen LogP contribution in [0.15, 0.2) is 34.4 Å². The Balaban J connectivity index is 2.39. The van der Waals surface area contributed by atoms with Crippen LogP contribution in [-0.2, 0) is 21.0 Å². The third-order valence-electron chi connectivity index (χ3n) is 4.29. The monoisotopic (exact) mass is 474 g/mol. The average Bonchev–Trinajstić information content (AvgIpc) is 3.16. The quantitative estimate of drug-likeness (QED) is 0.576. The Morgan fingerprint density at radius 2 is 1.78 bits per heavy atom. The van der Waals surface area contributed by atoms with Crippen LogP contribution in [0.3, 0.4) is 0 Å². The molecule has 0 aliphatic carbocycles. The number of hydrogen-bond donors (Lipinski definition) is 1. The smallest absolute Gasteiger partial charge is 0.305 e. The fourth-order valence-corrected chi connectivity index (χ4v) is 3.94. The van der Waals surface area contributed by atoms with Crippen molar-refractivity contribution in [3.63, 3.8) is 0 Å². The van der Waals surface area contributed by atoms with Crippen molar-refractivity contribution in [3.8, 4) is 5.69 Å². The molecule has 3 aromatic rings. The van der Waals surface area contributed by atoms with Crippen LogP contribution in [0.25, 0.3) is 16.6 Å². The molecule has 0 fully saturated rings. The number of aromatic amines is 1. The molecule has 15 heteroatoms. The van der Waals surface area contributed by atoms with E-state index in [-0.39, 0.29) is 21.4 Å². The average molecular weight is 474 g/mol. The number of rotatable bonds is 5. The second-order valence-electron chi connectivity index (χ2n) is 7.33. The van der Waals surface area contributed by atoms with E-state index < -0.39 is 55.5 Å². The highest BCUT2D eigenvalue weighted by molar-refractivity contribution is 7.92. The molecule has 172 valence electrons. The highest BCUT2D eigenvalue weighted by atomic mass is 32.2. The molecule has 0 radical (unpaired) electrons. The second-order valence-corrected chi connectivity index (χ2v) is 9.14. The van der Waals surface area contributed by atoms with E-state index >= 15 is 0 Å². The van der Waals surface area contributed by atoms with E-state index in [0.29, 0.717) is 12.3 Å². The largest absolute Gasteiger partial charge is 0.418 e. The van der Waals surface area contributed by atoms with Crippen molar-refractivity contribution in [2.75, 3.05) is 10.7 Å². The summed E-state index contributed by atoms with van der Waals surface area (Å²) in [6, 6.07) is 1.35. The number of fused-ring (bicyclic) bond motifs is 1. The zero-order valence-corrected chi connectivity index (χ0v) is 17.7. The summed E-state index contributed by atoms with van der Waals surface area (Å²) in [5.41, 5.74) is -4.92. The van der Waals surface area contributed by atoms with Gasteiger partial charge in [0.1, 0.15) is 12.7 Å². The minimum Gasteiger partial charge on any atom is -0.305 e. The number of H-pyrrole nitrogens is 1. The molecule has 0 saturated heterocycles. The topological polar surface area (TPSA) is 140 Å². The minimum atomic E-state index is -4.87. The van der Waals surface area contributed by atoms with Gasteiger partial charge in [-0.1, -0.05) is 13.8 Å². The fourth-order valence-electron chi connectivity index (χ4n) is 3.05. The zero-order valence-electron chi connectivity index (χ0n) is 16.9. The molecule has 0 spiro atoms. The molecule has 3 rings (SSSR count). The Bertz CT molecular complexity index is 1410. The fraction of sp³-hybridized carbons (Fsp3) is 0.353. The van der Waals surface area contributed by atoms with Gasteiger partial charge in [-0.15, -0.1) is 19.3 Å². The number of aromatic nitrogens is 5. The SMILES string of the molecule is CC(C)CC(=O)N(n1c(=O)[nH]c2cc(C(F)(F)F)c(-n3cnnc3)cc2c1=O)S(C)(=O)=O. The van der Waals surface area contributed by atoms with Crippen LogP contribution >= 0.6 is 0 Å². The van der Waals surface area contributed by atoms with Crippen LogP contribution < -0.4 is 15.7 Å². The number of alkyl halides is 3. The van der Waals surface area contributed by atoms with Gasteiger partial charge >= 0.3 is 11.9 Å². The van der Waals surface area contributed by atoms with Crippen LogP contribution in [0.4, 0.5) is 13.2 Å². The molecular weight excluding hydrogens is 457 g/mol. The minimum absolute atomic E-state index is 0.0176. The molecular formula is C17H17F3N6O5S. The Morgan fingerprint density at radius 1 is 1.19 bits per heavy atom. The van der Waals surface area contributed by atoms with Gasteiger partial charge in [0, 0.05) is 6.42 Å². The molecule has 32 heavy (non-hydrogen) atoms. The van der Waals surface area contributed by atoms with Crippen molar-refractivity contribution in [2.45, 2.75) is 26.4 Å². The molecule has 2 heterocycles. The van der Waals surface area contributed by atoms with E-state index in [0.717, 1.165) is 23.3 Å². The van der Waals surface area contributed by atoms with Crippen LogP contribution in [-0.4, -0.2) is 45.0 Å².